The third kappa shape index (κ3) is 14.2. The van der Waals surface area contributed by atoms with E-state index in [4.69, 9.17) is 9.47 Å². The molecule has 600 valence electrons. The summed E-state index contributed by atoms with van der Waals surface area (Å²) in [6.45, 7) is 29.1. The number of carbonyl (C=O) groups is 4. The van der Waals surface area contributed by atoms with Crippen LogP contribution in [0.4, 0.5) is 28.9 Å². The van der Waals surface area contributed by atoms with Crippen molar-refractivity contribution in [3.63, 3.8) is 0 Å². The lowest BCUT2D eigenvalue weighted by Crippen LogP contribution is -2.48. The molecule has 8 aromatic carbocycles. The van der Waals surface area contributed by atoms with Crippen molar-refractivity contribution in [2.45, 2.75) is 133 Å². The van der Waals surface area contributed by atoms with Crippen molar-refractivity contribution < 1.29 is 46.2 Å². The number of H-pyrrole nitrogens is 4. The summed E-state index contributed by atoms with van der Waals surface area (Å²) in [4.78, 5) is 55.6. The monoisotopic (exact) mass is 1580 g/mol. The fourth-order valence-corrected chi connectivity index (χ4v) is 16.8. The van der Waals surface area contributed by atoms with Gasteiger partial charge in [0.15, 0.2) is 0 Å². The third-order valence-electron chi connectivity index (χ3n) is 22.3. The Morgan fingerprint density at radius 3 is 1.10 bits per heavy atom. The van der Waals surface area contributed by atoms with Crippen molar-refractivity contribution in [3.05, 3.63) is 226 Å². The van der Waals surface area contributed by atoms with Crippen molar-refractivity contribution in [1.29, 1.82) is 0 Å². The second kappa shape index (κ2) is 31.5. The van der Waals surface area contributed by atoms with Gasteiger partial charge in [0, 0.05) is 103 Å². The van der Waals surface area contributed by atoms with Crippen LogP contribution in [0.2, 0.25) is 0 Å². The highest BCUT2D eigenvalue weighted by atomic mass is 19.1. The Labute approximate surface area is 671 Å². The number of halogens is 4. The number of aromatic nitrogens is 12. The van der Waals surface area contributed by atoms with E-state index in [1.54, 1.807) is 70.7 Å². The number of hydrogen-bond acceptors (Lipinski definition) is 10. The summed E-state index contributed by atoms with van der Waals surface area (Å²) in [6, 6.07) is 36.8. The number of nitrogens with zero attached hydrogens (tertiary/aromatic N) is 10. The summed E-state index contributed by atoms with van der Waals surface area (Å²) in [7, 11) is 0. The number of carbonyl (C=O) groups excluding carboxylic acids is 4. The highest BCUT2D eigenvalue weighted by Gasteiger charge is 2.35. The highest BCUT2D eigenvalue weighted by molar-refractivity contribution is 6.15. The second-order valence-electron chi connectivity index (χ2n) is 31.8. The molecule has 3 aliphatic rings. The lowest BCUT2D eigenvalue weighted by atomic mass is 10.0. The average molecular weight is 1580 g/mol. The molecule has 3 saturated heterocycles. The van der Waals surface area contributed by atoms with Crippen LogP contribution in [0, 0.1) is 51.0 Å². The number of hydrogen-bond donors (Lipinski definition) is 6. The molecule has 0 radical (unpaired) electrons. The molecule has 3 fully saturated rings. The van der Waals surface area contributed by atoms with Crippen molar-refractivity contribution in [3.8, 4) is 22.7 Å². The third-order valence-corrected chi connectivity index (χ3v) is 22.3. The van der Waals surface area contributed by atoms with Gasteiger partial charge in [-0.1, -0.05) is 55.4 Å². The van der Waals surface area contributed by atoms with E-state index in [1.165, 1.54) is 24.3 Å². The number of fused-ring (bicyclic) bond motifs is 8. The first-order valence-corrected chi connectivity index (χ1v) is 39.7. The van der Waals surface area contributed by atoms with Gasteiger partial charge in [0.1, 0.15) is 29.9 Å². The number of aromatic amines is 4. The quantitative estimate of drug-likeness (QED) is 0.0562. The van der Waals surface area contributed by atoms with Crippen molar-refractivity contribution in [2.24, 2.45) is 0 Å². The number of nitrogens with one attached hydrogen (secondary N) is 6. The van der Waals surface area contributed by atoms with E-state index in [1.807, 2.05) is 71.3 Å². The Kier molecular flexibility index (Phi) is 21.1. The fourth-order valence-electron chi connectivity index (χ4n) is 16.8. The molecule has 8 aromatic heterocycles. The Bertz CT molecular complexity index is 6620. The van der Waals surface area contributed by atoms with Gasteiger partial charge in [-0.05, 0) is 208 Å². The van der Waals surface area contributed by atoms with E-state index in [0.29, 0.717) is 72.7 Å². The Morgan fingerprint density at radius 1 is 0.444 bits per heavy atom. The molecule has 11 heterocycles. The number of aryl methyl sites for hydroxylation is 4. The second-order valence-corrected chi connectivity index (χ2v) is 31.8. The largest absolute Gasteiger partial charge is 0.377 e. The van der Waals surface area contributed by atoms with Crippen LogP contribution in [0.25, 0.3) is 110 Å². The molecule has 0 unspecified atom stereocenters. The van der Waals surface area contributed by atoms with Crippen LogP contribution in [0.3, 0.4) is 0 Å². The van der Waals surface area contributed by atoms with Gasteiger partial charge >= 0.3 is 0 Å². The van der Waals surface area contributed by atoms with Gasteiger partial charge in [0.2, 0.25) is 5.91 Å². The molecular weight excluding hydrogens is 1490 g/mol. The van der Waals surface area contributed by atoms with E-state index in [2.05, 4.69) is 149 Å². The maximum atomic E-state index is 14.0. The van der Waals surface area contributed by atoms with E-state index in [-0.39, 0.29) is 83.2 Å². The summed E-state index contributed by atoms with van der Waals surface area (Å²) in [5, 5.41) is 42.2. The van der Waals surface area contributed by atoms with Gasteiger partial charge in [-0.2, -0.15) is 20.4 Å². The first-order chi connectivity index (χ1) is 56.3. The minimum absolute atomic E-state index is 0.0277. The van der Waals surface area contributed by atoms with Crippen LogP contribution in [-0.2, 0) is 19.1 Å². The number of morpholine rings is 1. The van der Waals surface area contributed by atoms with Crippen LogP contribution < -0.4 is 20.4 Å². The number of anilines is 2. The molecule has 16 aromatic rings. The topological polar surface area (TPSA) is 252 Å². The molecule has 117 heavy (non-hydrogen) atoms. The molecule has 0 atom stereocenters. The molecule has 6 N–H and O–H groups in total. The van der Waals surface area contributed by atoms with Gasteiger partial charge in [-0.15, -0.1) is 0 Å². The molecule has 0 saturated carbocycles. The molecule has 0 aliphatic carbocycles. The van der Waals surface area contributed by atoms with Gasteiger partial charge in [0.25, 0.3) is 17.7 Å². The SMILES string of the molecule is CCNC(=O)c1c(C(C)C)n(-c2ccc(F)c(C)c2)c2cc3cn[nH]c3cc12.Cc1cc(-n2c(C(C)C)c(C(=O)NC3COC3)c3cc4[nH]ncc4cc32)ccc1F.Cc1cc(-n2c(C(C)C)c(N3CCCC3=O)c3cc4[nH]ncc4cc32)ccc1F.Cc1cc(-n2c(C(C)C)c(N3CCOCC3=O)c3cc4[nH]ncc4cc32)ccc1F. The summed E-state index contributed by atoms with van der Waals surface area (Å²) >= 11 is 0. The number of amides is 4. The van der Waals surface area contributed by atoms with E-state index >= 15 is 0 Å². The lowest BCUT2D eigenvalue weighted by Gasteiger charge is -2.29. The fraction of sp³-hybridized carbons (Fsp3) is 0.297. The van der Waals surface area contributed by atoms with Crippen LogP contribution in [0.5, 0.6) is 0 Å². The standard InChI is InChI=1S/2C23H23FN4O2.C23H23FN4O.C22H23FN4O/c1-12(2)22-21(23(29)26-15-10-30-11-15)17-8-19-14(9-25-27-19)7-20(17)28(22)16-4-5-18(24)13(3)6-16;1-13(2)22-23(27-6-7-30-12-21(27)29)17-10-19-15(11-25-26-19)9-20(17)28(22)16-4-5-18(24)14(3)8-16;1-13(2)22-23(27-8-4-5-21(27)29)17-11-19-15(12-25-26-19)10-20(17)28(22)16-6-7-18(24)14(3)9-16;1-5-24-22(28)20-16-10-18-14(11-25-26-18)9-19(16)27(21(20)12(2)3)15-6-7-17(23)13(4)8-15/h4-9,12,15H,10-11H2,1-3H3,(H,25,27)(H,26,29);4-5,8-11,13H,6-7,12H2,1-3H3,(H,25,26);6-7,9-13H,4-5,8H2,1-3H3,(H,25,26);6-12H,5H2,1-4H3,(H,24,28)(H,25,26). The van der Waals surface area contributed by atoms with Crippen LogP contribution in [0.1, 0.15) is 165 Å². The highest BCUT2D eigenvalue weighted by Crippen LogP contribution is 2.46. The number of benzene rings is 8. The molecule has 3 aliphatic heterocycles. The minimum atomic E-state index is -0.249. The lowest BCUT2D eigenvalue weighted by molar-refractivity contribution is -0.125. The van der Waals surface area contributed by atoms with Gasteiger partial charge in [0.05, 0.1) is 129 Å². The van der Waals surface area contributed by atoms with Crippen molar-refractivity contribution in [1.82, 2.24) is 69.7 Å². The zero-order chi connectivity index (χ0) is 82.3. The van der Waals surface area contributed by atoms with Crippen LogP contribution in [0.15, 0.2) is 146 Å². The maximum absolute atomic E-state index is 14.0. The van der Waals surface area contributed by atoms with E-state index in [9.17, 15) is 36.7 Å². The van der Waals surface area contributed by atoms with Gasteiger partial charge < -0.3 is 48.2 Å². The van der Waals surface area contributed by atoms with E-state index < -0.39 is 0 Å². The van der Waals surface area contributed by atoms with Gasteiger partial charge in [-0.25, -0.2) is 17.6 Å². The Morgan fingerprint density at radius 2 is 0.786 bits per heavy atom. The first kappa shape index (κ1) is 78.2. The summed E-state index contributed by atoms with van der Waals surface area (Å²) < 4.78 is 74.9. The predicted octanol–water partition coefficient (Wildman–Crippen LogP) is 18.7. The average Bonchev–Trinajstić information content (AvgIpc) is 1.59. The summed E-state index contributed by atoms with van der Waals surface area (Å²) in [6.07, 6.45) is 8.57. The molecule has 22 nitrogen and oxygen atoms in total. The maximum Gasteiger partial charge on any atom is 0.254 e. The Balaban J connectivity index is 0.000000117. The van der Waals surface area contributed by atoms with Crippen LogP contribution >= 0.6 is 0 Å². The van der Waals surface area contributed by atoms with Crippen molar-refractivity contribution in [2.75, 3.05) is 55.9 Å². The zero-order valence-corrected chi connectivity index (χ0v) is 67.5. The predicted molar refractivity (Wildman–Crippen MR) is 452 cm³/mol. The first-order valence-electron chi connectivity index (χ1n) is 39.7. The van der Waals surface area contributed by atoms with Gasteiger partial charge in [-0.3, -0.25) is 39.6 Å². The number of ether oxygens (including phenoxy) is 2. The molecule has 4 amide bonds. The zero-order valence-electron chi connectivity index (χ0n) is 67.5. The molecule has 26 heteroatoms. The van der Waals surface area contributed by atoms with E-state index in [0.717, 1.165) is 157 Å². The van der Waals surface area contributed by atoms with Crippen LogP contribution in [-0.4, -0.2) is 135 Å². The molecule has 0 bridgehead atoms. The number of rotatable bonds is 14. The molecular formula is C91H92F4N16O6. The smallest absolute Gasteiger partial charge is 0.254 e. The molecule has 0 spiro atoms. The normalized spacial score (nSPS) is 14.1. The van der Waals surface area contributed by atoms with Crippen molar-refractivity contribution >= 4 is 122 Å². The summed E-state index contributed by atoms with van der Waals surface area (Å²) in [5.74, 6) is -0.601. The molecule has 19 rings (SSSR count). The minimum Gasteiger partial charge on any atom is -0.377 e. The summed E-state index contributed by atoms with van der Waals surface area (Å²) in [5.41, 5.74) is 20.2. The Hall–Kier alpha value is -12.7.